The van der Waals surface area contributed by atoms with Crippen molar-refractivity contribution in [3.63, 3.8) is 0 Å². The molecule has 0 fully saturated rings. The predicted octanol–water partition coefficient (Wildman–Crippen LogP) is 4.33. The lowest BCUT2D eigenvalue weighted by molar-refractivity contribution is -0.139. The number of benzene rings is 1. The Morgan fingerprint density at radius 3 is 2.38 bits per heavy atom. The summed E-state index contributed by atoms with van der Waals surface area (Å²) in [4.78, 5) is 3.73. The van der Waals surface area contributed by atoms with Gasteiger partial charge in [-0.2, -0.15) is 13.2 Å². The molecule has 5 heteroatoms. The van der Waals surface area contributed by atoms with E-state index in [1.807, 2.05) is 13.0 Å². The van der Waals surface area contributed by atoms with Crippen molar-refractivity contribution in [2.45, 2.75) is 31.5 Å². The van der Waals surface area contributed by atoms with Crippen LogP contribution < -0.4 is 0 Å². The first-order valence-electron chi connectivity index (χ1n) is 6.69. The largest absolute Gasteiger partial charge is 0.416 e. The topological polar surface area (TPSA) is 33.1 Å². The zero-order valence-electron chi connectivity index (χ0n) is 11.5. The molecule has 0 bridgehead atoms. The third-order valence-corrected chi connectivity index (χ3v) is 3.52. The number of aliphatic hydroxyl groups is 1. The number of aromatic nitrogens is 1. The molecule has 2 rings (SSSR count). The molecule has 0 radical (unpaired) electrons. The van der Waals surface area contributed by atoms with Gasteiger partial charge in [-0.1, -0.05) is 37.3 Å². The van der Waals surface area contributed by atoms with Crippen molar-refractivity contribution < 1.29 is 18.3 Å². The van der Waals surface area contributed by atoms with Gasteiger partial charge in [0.2, 0.25) is 0 Å². The molecule has 0 saturated carbocycles. The number of rotatable bonds is 4. The van der Waals surface area contributed by atoms with Gasteiger partial charge in [0, 0.05) is 23.9 Å². The highest BCUT2D eigenvalue weighted by Crippen LogP contribution is 2.39. The first kappa shape index (κ1) is 15.5. The van der Waals surface area contributed by atoms with Crippen LogP contribution in [0.25, 0.3) is 0 Å². The van der Waals surface area contributed by atoms with Crippen molar-refractivity contribution in [1.29, 1.82) is 0 Å². The highest BCUT2D eigenvalue weighted by molar-refractivity contribution is 5.32. The molecule has 112 valence electrons. The monoisotopic (exact) mass is 295 g/mol. The van der Waals surface area contributed by atoms with E-state index in [4.69, 9.17) is 0 Å². The zero-order chi connectivity index (χ0) is 15.5. The van der Waals surface area contributed by atoms with Gasteiger partial charge >= 0.3 is 6.18 Å². The summed E-state index contributed by atoms with van der Waals surface area (Å²) in [5, 5.41) is 10.4. The lowest BCUT2D eigenvalue weighted by Crippen LogP contribution is -2.17. The van der Waals surface area contributed by atoms with Crippen LogP contribution in [0.5, 0.6) is 0 Å². The number of hydrogen-bond donors (Lipinski definition) is 1. The standard InChI is InChI=1S/C16H16F3NO/c1-2-12(11-6-4-3-5-7-11)15(21)13-10-20-9-8-14(13)16(17,18)19/h3-10,12,15,21H,2H2,1H3. The quantitative estimate of drug-likeness (QED) is 0.910. The lowest BCUT2D eigenvalue weighted by atomic mass is 9.86. The van der Waals surface area contributed by atoms with Crippen LogP contribution in [0, 0.1) is 0 Å². The molecule has 2 aromatic rings. The Kier molecular flexibility index (Phi) is 4.63. The van der Waals surface area contributed by atoms with Gasteiger partial charge < -0.3 is 5.11 Å². The third kappa shape index (κ3) is 3.42. The maximum absolute atomic E-state index is 13.0. The lowest BCUT2D eigenvalue weighted by Gasteiger charge is -2.24. The van der Waals surface area contributed by atoms with Crippen LogP contribution in [0.15, 0.2) is 48.8 Å². The average Bonchev–Trinajstić information content (AvgIpc) is 2.48. The van der Waals surface area contributed by atoms with E-state index in [0.717, 1.165) is 24.0 Å². The highest BCUT2D eigenvalue weighted by Gasteiger charge is 2.36. The van der Waals surface area contributed by atoms with Crippen LogP contribution in [-0.4, -0.2) is 10.1 Å². The third-order valence-electron chi connectivity index (χ3n) is 3.52. The van der Waals surface area contributed by atoms with Crippen molar-refractivity contribution in [3.8, 4) is 0 Å². The first-order valence-corrected chi connectivity index (χ1v) is 6.69. The minimum absolute atomic E-state index is 0.180. The summed E-state index contributed by atoms with van der Waals surface area (Å²) in [6, 6.07) is 9.95. The minimum Gasteiger partial charge on any atom is -0.388 e. The molecular formula is C16H16F3NO. The number of hydrogen-bond acceptors (Lipinski definition) is 2. The summed E-state index contributed by atoms with van der Waals surface area (Å²) in [5.74, 6) is -0.406. The van der Waals surface area contributed by atoms with Crippen molar-refractivity contribution in [1.82, 2.24) is 4.98 Å². The molecule has 2 nitrogen and oxygen atoms in total. The highest BCUT2D eigenvalue weighted by atomic mass is 19.4. The fraction of sp³-hybridized carbons (Fsp3) is 0.312. The van der Waals surface area contributed by atoms with E-state index in [0.29, 0.717) is 6.42 Å². The Bertz CT molecular complexity index is 584. The summed E-state index contributed by atoms with van der Waals surface area (Å²) in [5.41, 5.74) is -0.204. The molecule has 0 saturated heterocycles. The van der Waals surface area contributed by atoms with E-state index < -0.39 is 23.8 Å². The van der Waals surface area contributed by atoms with Gasteiger partial charge in [-0.3, -0.25) is 4.98 Å². The van der Waals surface area contributed by atoms with Gasteiger partial charge in [0.05, 0.1) is 11.7 Å². The Morgan fingerprint density at radius 1 is 1.14 bits per heavy atom. The summed E-state index contributed by atoms with van der Waals surface area (Å²) in [6.45, 7) is 1.84. The van der Waals surface area contributed by atoms with E-state index in [1.54, 1.807) is 24.3 Å². The fourth-order valence-corrected chi connectivity index (χ4v) is 2.46. The average molecular weight is 295 g/mol. The van der Waals surface area contributed by atoms with Crippen molar-refractivity contribution >= 4 is 0 Å². The van der Waals surface area contributed by atoms with Crippen molar-refractivity contribution in [2.75, 3.05) is 0 Å². The molecule has 0 aliphatic carbocycles. The Hall–Kier alpha value is -1.88. The van der Waals surface area contributed by atoms with Gasteiger partial charge in [-0.05, 0) is 18.1 Å². The van der Waals surface area contributed by atoms with Gasteiger partial charge in [0.1, 0.15) is 0 Å². The molecule has 1 heterocycles. The maximum Gasteiger partial charge on any atom is 0.416 e. The maximum atomic E-state index is 13.0. The Morgan fingerprint density at radius 2 is 1.81 bits per heavy atom. The molecule has 0 aliphatic rings. The summed E-state index contributed by atoms with van der Waals surface area (Å²) >= 11 is 0. The van der Waals surface area contributed by atoms with Crippen LogP contribution in [-0.2, 0) is 6.18 Å². The van der Waals surface area contributed by atoms with E-state index in [1.165, 1.54) is 0 Å². The molecule has 1 N–H and O–H groups in total. The molecule has 1 aromatic heterocycles. The second-order valence-corrected chi connectivity index (χ2v) is 4.83. The first-order chi connectivity index (χ1) is 9.95. The van der Waals surface area contributed by atoms with Gasteiger partial charge in [0.25, 0.3) is 0 Å². The van der Waals surface area contributed by atoms with Gasteiger partial charge in [0.15, 0.2) is 0 Å². The number of alkyl halides is 3. The SMILES string of the molecule is CCC(c1ccccc1)C(O)c1cnccc1C(F)(F)F. The van der Waals surface area contributed by atoms with Crippen LogP contribution in [0.1, 0.15) is 42.1 Å². The molecule has 1 aromatic carbocycles. The fourth-order valence-electron chi connectivity index (χ4n) is 2.46. The number of halogens is 3. The number of nitrogens with zero attached hydrogens (tertiary/aromatic N) is 1. The smallest absolute Gasteiger partial charge is 0.388 e. The minimum atomic E-state index is -4.51. The van der Waals surface area contributed by atoms with Gasteiger partial charge in [-0.15, -0.1) is 0 Å². The van der Waals surface area contributed by atoms with Gasteiger partial charge in [-0.25, -0.2) is 0 Å². The second kappa shape index (κ2) is 6.26. The summed E-state index contributed by atoms with van der Waals surface area (Å²) in [7, 11) is 0. The van der Waals surface area contributed by atoms with E-state index in [2.05, 4.69) is 4.98 Å². The molecule has 0 aliphatic heterocycles. The molecule has 2 unspecified atom stereocenters. The van der Waals surface area contributed by atoms with Crippen LogP contribution in [0.2, 0.25) is 0 Å². The van der Waals surface area contributed by atoms with E-state index >= 15 is 0 Å². The molecule has 21 heavy (non-hydrogen) atoms. The Labute approximate surface area is 121 Å². The Balaban J connectivity index is 2.42. The second-order valence-electron chi connectivity index (χ2n) is 4.83. The zero-order valence-corrected chi connectivity index (χ0v) is 11.5. The molecule has 0 amide bonds. The van der Waals surface area contributed by atoms with E-state index in [-0.39, 0.29) is 5.56 Å². The normalized spacial score (nSPS) is 14.7. The van der Waals surface area contributed by atoms with E-state index in [9.17, 15) is 18.3 Å². The number of pyridine rings is 1. The summed E-state index contributed by atoms with van der Waals surface area (Å²) in [6.07, 6.45) is -3.05. The van der Waals surface area contributed by atoms with Crippen LogP contribution >= 0.6 is 0 Å². The number of aliphatic hydroxyl groups excluding tert-OH is 1. The predicted molar refractivity (Wildman–Crippen MR) is 73.7 cm³/mol. The van der Waals surface area contributed by atoms with Crippen molar-refractivity contribution in [3.05, 3.63) is 65.5 Å². The van der Waals surface area contributed by atoms with Crippen LogP contribution in [0.4, 0.5) is 13.2 Å². The molecular weight excluding hydrogens is 279 g/mol. The summed E-state index contributed by atoms with van der Waals surface area (Å²) < 4.78 is 39.1. The van der Waals surface area contributed by atoms with Crippen LogP contribution in [0.3, 0.4) is 0 Å². The molecule has 2 atom stereocenters. The molecule has 0 spiro atoms. The van der Waals surface area contributed by atoms with Crippen molar-refractivity contribution in [2.24, 2.45) is 0 Å².